The number of nitrogens with one attached hydrogen (secondary N) is 2. The average molecular weight is 404 g/mol. The molecule has 0 radical (unpaired) electrons. The Kier molecular flexibility index (Phi) is 7.35. The van der Waals surface area contributed by atoms with Crippen molar-refractivity contribution in [1.82, 2.24) is 5.32 Å². The molecule has 1 amide bonds. The molecule has 0 saturated carbocycles. The molecule has 0 unspecified atom stereocenters. The lowest BCUT2D eigenvalue weighted by atomic mass is 9.99. The van der Waals surface area contributed by atoms with E-state index < -0.39 is 16.1 Å². The highest BCUT2D eigenvalue weighted by molar-refractivity contribution is 7.89. The van der Waals surface area contributed by atoms with Crippen molar-refractivity contribution < 1.29 is 13.2 Å². The van der Waals surface area contributed by atoms with Gasteiger partial charge >= 0.3 is 0 Å². The Morgan fingerprint density at radius 1 is 0.964 bits per heavy atom. The number of primary sulfonamides is 1. The first-order chi connectivity index (χ1) is 13.1. The fourth-order valence-electron chi connectivity index (χ4n) is 2.94. The van der Waals surface area contributed by atoms with Crippen LogP contribution >= 0.6 is 0 Å². The van der Waals surface area contributed by atoms with E-state index in [0.717, 1.165) is 12.0 Å². The van der Waals surface area contributed by atoms with Crippen LogP contribution in [0.25, 0.3) is 0 Å². The molecule has 0 aliphatic heterocycles. The summed E-state index contributed by atoms with van der Waals surface area (Å²) < 4.78 is 22.6. The van der Waals surface area contributed by atoms with Gasteiger partial charge in [-0.05, 0) is 61.6 Å². The van der Waals surface area contributed by atoms with Crippen LogP contribution in [0, 0.1) is 5.92 Å². The van der Waals surface area contributed by atoms with Crippen LogP contribution in [0.5, 0.6) is 0 Å². The summed E-state index contributed by atoms with van der Waals surface area (Å²) in [5.74, 6) is 0.413. The minimum Gasteiger partial charge on any atom is -0.325 e. The fourth-order valence-corrected chi connectivity index (χ4v) is 3.45. The normalized spacial score (nSPS) is 13.9. The number of sulfonamides is 1. The molecule has 7 heteroatoms. The Hall–Kier alpha value is -2.22. The van der Waals surface area contributed by atoms with Gasteiger partial charge in [0.15, 0.2) is 0 Å². The molecule has 0 aliphatic carbocycles. The van der Waals surface area contributed by atoms with E-state index >= 15 is 0 Å². The van der Waals surface area contributed by atoms with Crippen molar-refractivity contribution in [3.8, 4) is 0 Å². The van der Waals surface area contributed by atoms with Crippen LogP contribution in [-0.4, -0.2) is 20.4 Å². The van der Waals surface area contributed by atoms with Crippen LogP contribution in [0.2, 0.25) is 0 Å². The molecule has 2 aromatic rings. The van der Waals surface area contributed by atoms with Gasteiger partial charge in [-0.15, -0.1) is 0 Å². The number of benzene rings is 2. The highest BCUT2D eigenvalue weighted by Gasteiger charge is 2.17. The summed E-state index contributed by atoms with van der Waals surface area (Å²) in [6, 6.07) is 13.8. The molecule has 2 aromatic carbocycles. The summed E-state index contributed by atoms with van der Waals surface area (Å²) in [6.07, 6.45) is 1.05. The maximum Gasteiger partial charge on any atom is 0.241 e. The first-order valence-electron chi connectivity index (χ1n) is 9.35. The summed E-state index contributed by atoms with van der Waals surface area (Å²) in [4.78, 5) is 12.4. The van der Waals surface area contributed by atoms with E-state index in [1.165, 1.54) is 29.8 Å². The Bertz CT molecular complexity index is 891. The summed E-state index contributed by atoms with van der Waals surface area (Å²) in [7, 11) is -3.75. The van der Waals surface area contributed by atoms with Crippen molar-refractivity contribution in [2.24, 2.45) is 11.1 Å². The number of carbonyl (C=O) groups is 1. The minimum atomic E-state index is -3.75. The standard InChI is InChI=1S/C21H29N3O3S/c1-14(2)13-17-5-7-18(8-6-17)15(3)23-16(4)21(25)24-19-9-11-20(12-10-19)28(22,26)27/h5-12,14-16,23H,13H2,1-4H3,(H,24,25)(H2,22,26,27)/t15-,16-/m0/s1. The third-order valence-corrected chi connectivity index (χ3v) is 5.40. The SMILES string of the molecule is CC(C)Cc1ccc([C@H](C)N[C@@H](C)C(=O)Nc2ccc(S(N)(=O)=O)cc2)cc1. The summed E-state index contributed by atoms with van der Waals surface area (Å²) >= 11 is 0. The number of hydrogen-bond donors (Lipinski definition) is 3. The summed E-state index contributed by atoms with van der Waals surface area (Å²) in [6.45, 7) is 8.20. The molecule has 4 N–H and O–H groups in total. The van der Waals surface area contributed by atoms with Crippen molar-refractivity contribution >= 4 is 21.6 Å². The molecule has 2 atom stereocenters. The monoisotopic (exact) mass is 403 g/mol. The molecule has 0 aromatic heterocycles. The molecule has 0 spiro atoms. The van der Waals surface area contributed by atoms with Crippen LogP contribution in [-0.2, 0) is 21.2 Å². The van der Waals surface area contributed by atoms with Crippen molar-refractivity contribution in [2.45, 2.75) is 51.1 Å². The minimum absolute atomic E-state index is 0.00575. The quantitative estimate of drug-likeness (QED) is 0.630. The summed E-state index contributed by atoms with van der Waals surface area (Å²) in [5, 5.41) is 11.1. The van der Waals surface area contributed by atoms with Crippen LogP contribution in [0.1, 0.15) is 44.9 Å². The molecule has 0 fully saturated rings. The molecule has 28 heavy (non-hydrogen) atoms. The number of amides is 1. The molecule has 152 valence electrons. The maximum absolute atomic E-state index is 12.4. The second-order valence-electron chi connectivity index (χ2n) is 7.51. The van der Waals surface area contributed by atoms with Gasteiger partial charge in [-0.3, -0.25) is 10.1 Å². The molecule has 0 aliphatic rings. The van der Waals surface area contributed by atoms with Gasteiger partial charge in [0.1, 0.15) is 0 Å². The van der Waals surface area contributed by atoms with Gasteiger partial charge in [-0.2, -0.15) is 0 Å². The number of anilines is 1. The zero-order chi connectivity index (χ0) is 20.9. The average Bonchev–Trinajstić information content (AvgIpc) is 2.61. The molecule has 0 saturated heterocycles. The number of rotatable bonds is 8. The largest absolute Gasteiger partial charge is 0.325 e. The van der Waals surface area contributed by atoms with Crippen molar-refractivity contribution in [1.29, 1.82) is 0 Å². The van der Waals surface area contributed by atoms with E-state index in [0.29, 0.717) is 11.6 Å². The lowest BCUT2D eigenvalue weighted by molar-refractivity contribution is -0.117. The van der Waals surface area contributed by atoms with Gasteiger partial charge in [-0.25, -0.2) is 13.6 Å². The lowest BCUT2D eigenvalue weighted by Gasteiger charge is -2.20. The second kappa shape index (κ2) is 9.32. The smallest absolute Gasteiger partial charge is 0.241 e. The summed E-state index contributed by atoms with van der Waals surface area (Å²) in [5.41, 5.74) is 2.93. The zero-order valence-electron chi connectivity index (χ0n) is 16.8. The number of nitrogens with two attached hydrogens (primary N) is 1. The molecule has 2 rings (SSSR count). The maximum atomic E-state index is 12.4. The van der Waals surface area contributed by atoms with Crippen LogP contribution in [0.4, 0.5) is 5.69 Å². The zero-order valence-corrected chi connectivity index (χ0v) is 17.6. The van der Waals surface area contributed by atoms with Gasteiger partial charge < -0.3 is 5.32 Å². The van der Waals surface area contributed by atoms with E-state index in [1.807, 2.05) is 6.92 Å². The highest BCUT2D eigenvalue weighted by Crippen LogP contribution is 2.17. The number of carbonyl (C=O) groups excluding carboxylic acids is 1. The van der Waals surface area contributed by atoms with E-state index in [2.05, 4.69) is 48.7 Å². The molecule has 0 bridgehead atoms. The predicted molar refractivity (Wildman–Crippen MR) is 112 cm³/mol. The molecule has 0 heterocycles. The molecule has 6 nitrogen and oxygen atoms in total. The van der Waals surface area contributed by atoms with Crippen LogP contribution < -0.4 is 15.8 Å². The van der Waals surface area contributed by atoms with Crippen LogP contribution in [0.3, 0.4) is 0 Å². The Morgan fingerprint density at radius 3 is 2.04 bits per heavy atom. The molecular formula is C21H29N3O3S. The molecular weight excluding hydrogens is 374 g/mol. The third kappa shape index (κ3) is 6.44. The van der Waals surface area contributed by atoms with E-state index in [9.17, 15) is 13.2 Å². The van der Waals surface area contributed by atoms with Crippen molar-refractivity contribution in [3.63, 3.8) is 0 Å². The first-order valence-corrected chi connectivity index (χ1v) is 10.9. The number of hydrogen-bond acceptors (Lipinski definition) is 4. The van der Waals surface area contributed by atoms with Crippen molar-refractivity contribution in [2.75, 3.05) is 5.32 Å². The van der Waals surface area contributed by atoms with Gasteiger partial charge in [0, 0.05) is 11.7 Å². The van der Waals surface area contributed by atoms with Gasteiger partial charge in [0.2, 0.25) is 15.9 Å². The van der Waals surface area contributed by atoms with Gasteiger partial charge in [0.05, 0.1) is 10.9 Å². The Balaban J connectivity index is 1.94. The Morgan fingerprint density at radius 2 is 1.54 bits per heavy atom. The third-order valence-electron chi connectivity index (χ3n) is 4.47. The lowest BCUT2D eigenvalue weighted by Crippen LogP contribution is -2.39. The van der Waals surface area contributed by atoms with Crippen molar-refractivity contribution in [3.05, 3.63) is 59.7 Å². The fraction of sp³-hybridized carbons (Fsp3) is 0.381. The van der Waals surface area contributed by atoms with Crippen LogP contribution in [0.15, 0.2) is 53.4 Å². The van der Waals surface area contributed by atoms with E-state index in [4.69, 9.17) is 5.14 Å². The van der Waals surface area contributed by atoms with E-state index in [-0.39, 0.29) is 16.8 Å². The first kappa shape index (κ1) is 22.1. The second-order valence-corrected chi connectivity index (χ2v) is 9.07. The Labute approximate surface area is 167 Å². The van der Waals surface area contributed by atoms with E-state index in [1.54, 1.807) is 6.92 Å². The van der Waals surface area contributed by atoms with Gasteiger partial charge in [0.25, 0.3) is 0 Å². The topological polar surface area (TPSA) is 101 Å². The predicted octanol–water partition coefficient (Wildman–Crippen LogP) is 3.21. The van der Waals surface area contributed by atoms with Gasteiger partial charge in [-0.1, -0.05) is 38.1 Å². The highest BCUT2D eigenvalue weighted by atomic mass is 32.2.